The van der Waals surface area contributed by atoms with Crippen LogP contribution in [0, 0.1) is 0 Å². The van der Waals surface area contributed by atoms with E-state index in [2.05, 4.69) is 15.7 Å². The molecule has 2 nitrogen and oxygen atoms in total. The van der Waals surface area contributed by atoms with Gasteiger partial charge in [-0.05, 0) is 19.4 Å². The number of hydrogen-bond donors (Lipinski definition) is 1. The van der Waals surface area contributed by atoms with Gasteiger partial charge in [-0.25, -0.2) is 4.98 Å². The number of hydrogen-bond acceptors (Lipinski definition) is 3. The summed E-state index contributed by atoms with van der Waals surface area (Å²) in [6, 6.07) is 0.675. The molecule has 1 aliphatic heterocycles. The molecule has 1 unspecified atom stereocenters. The maximum atomic E-state index is 4.32. The van der Waals surface area contributed by atoms with E-state index in [0.29, 0.717) is 6.04 Å². The fourth-order valence-electron chi connectivity index (χ4n) is 1.84. The highest BCUT2D eigenvalue weighted by atomic mass is 32.1. The monoisotopic (exact) mass is 196 g/mol. The first-order chi connectivity index (χ1) is 6.45. The molecule has 0 radical (unpaired) electrons. The Balaban J connectivity index is 1.86. The van der Waals surface area contributed by atoms with Crippen LogP contribution in [-0.4, -0.2) is 17.6 Å². The lowest BCUT2D eigenvalue weighted by Gasteiger charge is -2.13. The number of nitrogens with zero attached hydrogens (tertiary/aromatic N) is 1. The quantitative estimate of drug-likeness (QED) is 0.784. The van der Waals surface area contributed by atoms with E-state index in [9.17, 15) is 0 Å². The minimum atomic E-state index is 0.675. The summed E-state index contributed by atoms with van der Waals surface area (Å²) < 4.78 is 0. The lowest BCUT2D eigenvalue weighted by Crippen LogP contribution is -2.30. The molecule has 3 heteroatoms. The van der Waals surface area contributed by atoms with Gasteiger partial charge in [0, 0.05) is 24.0 Å². The third-order valence-electron chi connectivity index (χ3n) is 2.57. The predicted molar refractivity (Wildman–Crippen MR) is 56.1 cm³/mol. The zero-order valence-electron chi connectivity index (χ0n) is 7.83. The molecule has 1 aromatic heterocycles. The van der Waals surface area contributed by atoms with Gasteiger partial charge in [0.25, 0.3) is 0 Å². The Labute approximate surface area is 83.4 Å². The van der Waals surface area contributed by atoms with Gasteiger partial charge in [-0.15, -0.1) is 11.3 Å². The van der Waals surface area contributed by atoms with Crippen LogP contribution < -0.4 is 5.32 Å². The number of aromatic nitrogens is 1. The second-order valence-corrected chi connectivity index (χ2v) is 4.61. The van der Waals surface area contributed by atoms with E-state index < -0.39 is 0 Å². The van der Waals surface area contributed by atoms with Crippen molar-refractivity contribution in [3.63, 3.8) is 0 Å². The second-order valence-electron chi connectivity index (χ2n) is 3.63. The van der Waals surface area contributed by atoms with Crippen LogP contribution in [0.1, 0.15) is 30.7 Å². The highest BCUT2D eigenvalue weighted by Crippen LogP contribution is 2.14. The molecule has 0 amide bonds. The van der Waals surface area contributed by atoms with Gasteiger partial charge in [0.2, 0.25) is 0 Å². The van der Waals surface area contributed by atoms with Gasteiger partial charge >= 0.3 is 0 Å². The van der Waals surface area contributed by atoms with E-state index in [1.54, 1.807) is 11.3 Å². The summed E-state index contributed by atoms with van der Waals surface area (Å²) in [4.78, 5) is 4.32. The molecule has 0 spiro atoms. The number of nitrogens with one attached hydrogen (secondary N) is 1. The van der Waals surface area contributed by atoms with Crippen molar-refractivity contribution < 1.29 is 0 Å². The van der Waals surface area contributed by atoms with Crippen molar-refractivity contribution >= 4 is 11.3 Å². The Morgan fingerprint density at radius 2 is 2.46 bits per heavy atom. The molecule has 0 aliphatic carbocycles. The molecular weight excluding hydrogens is 180 g/mol. The van der Waals surface area contributed by atoms with Gasteiger partial charge in [-0.2, -0.15) is 0 Å². The van der Waals surface area contributed by atoms with E-state index in [4.69, 9.17) is 0 Å². The highest BCUT2D eigenvalue weighted by molar-refractivity contribution is 7.09. The molecule has 1 fully saturated rings. The molecule has 1 aliphatic rings. The Bertz CT molecular complexity index is 225. The van der Waals surface area contributed by atoms with Crippen LogP contribution in [0.2, 0.25) is 0 Å². The first kappa shape index (κ1) is 9.16. The predicted octanol–water partition coefficient (Wildman–Crippen LogP) is 2.22. The maximum absolute atomic E-state index is 4.32. The molecule has 0 saturated carbocycles. The summed E-state index contributed by atoms with van der Waals surface area (Å²) in [5.41, 5.74) is 0. The molecular formula is C10H16N2S. The minimum absolute atomic E-state index is 0.675. The Morgan fingerprint density at radius 3 is 3.31 bits per heavy atom. The molecule has 1 saturated heterocycles. The molecule has 1 atom stereocenters. The first-order valence-electron chi connectivity index (χ1n) is 5.07. The molecule has 1 aromatic rings. The van der Waals surface area contributed by atoms with Crippen LogP contribution in [0.25, 0.3) is 0 Å². The molecule has 13 heavy (non-hydrogen) atoms. The standard InChI is InChI=1S/C10H16N2S/c1-2-4-9(11-5-3-1)8-10-12-6-7-13-10/h6-7,9,11H,1-5,8H2. The van der Waals surface area contributed by atoms with E-state index in [1.165, 1.54) is 37.2 Å². The lowest BCUT2D eigenvalue weighted by atomic mass is 10.1. The lowest BCUT2D eigenvalue weighted by molar-refractivity contribution is 0.507. The number of rotatable bonds is 2. The maximum Gasteiger partial charge on any atom is 0.0940 e. The van der Waals surface area contributed by atoms with Crippen molar-refractivity contribution in [3.05, 3.63) is 16.6 Å². The van der Waals surface area contributed by atoms with E-state index in [0.717, 1.165) is 6.42 Å². The van der Waals surface area contributed by atoms with E-state index >= 15 is 0 Å². The SMILES string of the molecule is c1csc(CC2CCCCCN2)n1. The zero-order valence-corrected chi connectivity index (χ0v) is 8.65. The average molecular weight is 196 g/mol. The van der Waals surface area contributed by atoms with Crippen LogP contribution in [0.5, 0.6) is 0 Å². The second kappa shape index (κ2) is 4.72. The van der Waals surface area contributed by atoms with Crippen molar-refractivity contribution in [2.45, 2.75) is 38.1 Å². The molecule has 2 rings (SSSR count). The van der Waals surface area contributed by atoms with Crippen molar-refractivity contribution in [1.29, 1.82) is 0 Å². The van der Waals surface area contributed by atoms with Crippen LogP contribution in [0.3, 0.4) is 0 Å². The van der Waals surface area contributed by atoms with Gasteiger partial charge in [0.1, 0.15) is 0 Å². The van der Waals surface area contributed by atoms with E-state index in [1.807, 2.05) is 6.20 Å². The topological polar surface area (TPSA) is 24.9 Å². The Kier molecular flexibility index (Phi) is 3.33. The third-order valence-corrected chi connectivity index (χ3v) is 3.37. The summed E-state index contributed by atoms with van der Waals surface area (Å²) in [6.45, 7) is 1.19. The Morgan fingerprint density at radius 1 is 1.46 bits per heavy atom. The minimum Gasteiger partial charge on any atom is -0.314 e. The normalized spacial score (nSPS) is 24.2. The molecule has 0 aromatic carbocycles. The molecule has 2 heterocycles. The van der Waals surface area contributed by atoms with Gasteiger partial charge in [-0.1, -0.05) is 12.8 Å². The first-order valence-corrected chi connectivity index (χ1v) is 5.95. The third kappa shape index (κ3) is 2.78. The summed E-state index contributed by atoms with van der Waals surface area (Å²) in [5.74, 6) is 0. The van der Waals surface area contributed by atoms with Gasteiger partial charge in [0.15, 0.2) is 0 Å². The summed E-state index contributed by atoms with van der Waals surface area (Å²) in [7, 11) is 0. The smallest absolute Gasteiger partial charge is 0.0940 e. The van der Waals surface area contributed by atoms with Crippen molar-refractivity contribution in [2.24, 2.45) is 0 Å². The summed E-state index contributed by atoms with van der Waals surface area (Å²) >= 11 is 1.77. The van der Waals surface area contributed by atoms with Gasteiger partial charge < -0.3 is 5.32 Å². The Hall–Kier alpha value is -0.410. The highest BCUT2D eigenvalue weighted by Gasteiger charge is 2.12. The van der Waals surface area contributed by atoms with Crippen molar-refractivity contribution in [3.8, 4) is 0 Å². The molecule has 1 N–H and O–H groups in total. The fourth-order valence-corrected chi connectivity index (χ4v) is 2.54. The average Bonchev–Trinajstić information content (AvgIpc) is 2.49. The van der Waals surface area contributed by atoms with E-state index in [-0.39, 0.29) is 0 Å². The fraction of sp³-hybridized carbons (Fsp3) is 0.700. The van der Waals surface area contributed by atoms with Crippen LogP contribution in [-0.2, 0) is 6.42 Å². The van der Waals surface area contributed by atoms with Crippen LogP contribution >= 0.6 is 11.3 Å². The van der Waals surface area contributed by atoms with Gasteiger partial charge in [0.05, 0.1) is 5.01 Å². The van der Waals surface area contributed by atoms with Crippen molar-refractivity contribution in [2.75, 3.05) is 6.54 Å². The zero-order chi connectivity index (χ0) is 8.93. The molecule has 0 bridgehead atoms. The van der Waals surface area contributed by atoms with Crippen molar-refractivity contribution in [1.82, 2.24) is 10.3 Å². The number of thiazole rings is 1. The van der Waals surface area contributed by atoms with Gasteiger partial charge in [-0.3, -0.25) is 0 Å². The van der Waals surface area contributed by atoms with Crippen LogP contribution in [0.15, 0.2) is 11.6 Å². The summed E-state index contributed by atoms with van der Waals surface area (Å²) in [6.07, 6.45) is 8.45. The summed E-state index contributed by atoms with van der Waals surface area (Å²) in [5, 5.41) is 6.93. The largest absolute Gasteiger partial charge is 0.314 e. The molecule has 72 valence electrons. The van der Waals surface area contributed by atoms with Crippen LogP contribution in [0.4, 0.5) is 0 Å².